The van der Waals surface area contributed by atoms with Crippen LogP contribution in [0.3, 0.4) is 0 Å². The molecular formula is C25H26F6N2OS. The van der Waals surface area contributed by atoms with Gasteiger partial charge >= 0.3 is 12.4 Å². The lowest BCUT2D eigenvalue weighted by molar-refractivity contribution is -0.138. The molecular weight excluding hydrogens is 490 g/mol. The third-order valence-corrected chi connectivity index (χ3v) is 7.49. The average Bonchev–Trinajstić information content (AvgIpc) is 3.64. The van der Waals surface area contributed by atoms with Gasteiger partial charge in [0, 0.05) is 37.5 Å². The van der Waals surface area contributed by atoms with Gasteiger partial charge < -0.3 is 4.90 Å². The molecule has 35 heavy (non-hydrogen) atoms. The minimum absolute atomic E-state index is 0.0860. The summed E-state index contributed by atoms with van der Waals surface area (Å²) < 4.78 is 80.2. The number of carbonyl (C=O) groups excluding carboxylic acids is 1. The number of carbonyl (C=O) groups is 1. The molecule has 1 unspecified atom stereocenters. The molecule has 1 saturated heterocycles. The van der Waals surface area contributed by atoms with Gasteiger partial charge in [-0.3, -0.25) is 4.79 Å². The molecule has 2 aromatic carbocycles. The van der Waals surface area contributed by atoms with Gasteiger partial charge in [0.25, 0.3) is 0 Å². The molecule has 1 aliphatic carbocycles. The van der Waals surface area contributed by atoms with Gasteiger partial charge in [0.05, 0.1) is 11.1 Å². The van der Waals surface area contributed by atoms with Gasteiger partial charge in [-0.1, -0.05) is 19.1 Å². The summed E-state index contributed by atoms with van der Waals surface area (Å²) in [5, 5.41) is 0. The zero-order valence-electron chi connectivity index (χ0n) is 19.1. The normalized spacial score (nSPS) is 18.5. The van der Waals surface area contributed by atoms with Crippen LogP contribution in [0.15, 0.2) is 47.4 Å². The highest BCUT2D eigenvalue weighted by atomic mass is 32.2. The highest BCUT2D eigenvalue weighted by Crippen LogP contribution is 2.44. The first kappa shape index (κ1) is 25.9. The van der Waals surface area contributed by atoms with E-state index in [9.17, 15) is 31.1 Å². The molecule has 1 atom stereocenters. The van der Waals surface area contributed by atoms with Gasteiger partial charge in [0.15, 0.2) is 0 Å². The molecule has 1 saturated carbocycles. The summed E-state index contributed by atoms with van der Waals surface area (Å²) in [6.07, 6.45) is -6.79. The monoisotopic (exact) mass is 516 g/mol. The molecule has 2 fully saturated rings. The van der Waals surface area contributed by atoms with Gasteiger partial charge in [0.1, 0.15) is 0 Å². The Hall–Kier alpha value is -2.20. The van der Waals surface area contributed by atoms with Crippen molar-refractivity contribution in [2.24, 2.45) is 0 Å². The summed E-state index contributed by atoms with van der Waals surface area (Å²) in [7, 11) is 0. The molecule has 0 aromatic heterocycles. The molecule has 0 radical (unpaired) electrons. The predicted molar refractivity (Wildman–Crippen MR) is 122 cm³/mol. The highest BCUT2D eigenvalue weighted by molar-refractivity contribution is 7.97. The zero-order chi connectivity index (χ0) is 25.4. The van der Waals surface area contributed by atoms with Crippen molar-refractivity contribution in [2.45, 2.75) is 55.3 Å². The van der Waals surface area contributed by atoms with Crippen LogP contribution in [0, 0.1) is 0 Å². The Morgan fingerprint density at radius 2 is 1.51 bits per heavy atom. The molecule has 0 bridgehead atoms. The molecule has 4 rings (SSSR count). The minimum atomic E-state index is -4.40. The fraction of sp³-hybridized carbons (Fsp3) is 0.480. The van der Waals surface area contributed by atoms with Crippen molar-refractivity contribution in [2.75, 3.05) is 26.2 Å². The van der Waals surface area contributed by atoms with Crippen LogP contribution < -0.4 is 0 Å². The molecule has 1 aliphatic heterocycles. The maximum absolute atomic E-state index is 13.3. The molecule has 2 aromatic rings. The second kappa shape index (κ2) is 10.0. The predicted octanol–water partition coefficient (Wildman–Crippen LogP) is 6.95. The Balaban J connectivity index is 1.31. The van der Waals surface area contributed by atoms with Crippen LogP contribution in [-0.2, 0) is 17.1 Å². The van der Waals surface area contributed by atoms with Crippen molar-refractivity contribution in [1.29, 1.82) is 0 Å². The number of alkyl halides is 6. The number of halogens is 6. The smallest absolute Gasteiger partial charge is 0.340 e. The van der Waals surface area contributed by atoms with E-state index in [0.29, 0.717) is 36.6 Å². The maximum Gasteiger partial charge on any atom is 0.416 e. The number of piperazine rings is 1. The molecule has 1 heterocycles. The molecule has 3 nitrogen and oxygen atoms in total. The molecule has 0 N–H and O–H groups in total. The summed E-state index contributed by atoms with van der Waals surface area (Å²) in [6.45, 7) is 3.72. The minimum Gasteiger partial charge on any atom is -0.340 e. The summed E-state index contributed by atoms with van der Waals surface area (Å²) >= 11 is 1.29. The van der Waals surface area contributed by atoms with Crippen molar-refractivity contribution in [3.63, 3.8) is 0 Å². The largest absolute Gasteiger partial charge is 0.416 e. The fourth-order valence-corrected chi connectivity index (χ4v) is 5.19. The van der Waals surface area contributed by atoms with Crippen molar-refractivity contribution in [3.8, 4) is 0 Å². The van der Waals surface area contributed by atoms with Crippen molar-refractivity contribution in [1.82, 2.24) is 9.21 Å². The van der Waals surface area contributed by atoms with Crippen LogP contribution in [0.5, 0.6) is 0 Å². The third-order valence-electron chi connectivity index (χ3n) is 6.42. The zero-order valence-corrected chi connectivity index (χ0v) is 19.9. The van der Waals surface area contributed by atoms with E-state index in [4.69, 9.17) is 0 Å². The number of rotatable bonds is 6. The molecule has 2 aliphatic rings. The average molecular weight is 517 g/mol. The first-order chi connectivity index (χ1) is 16.4. The first-order valence-electron chi connectivity index (χ1n) is 11.5. The summed E-state index contributed by atoms with van der Waals surface area (Å²) in [5.74, 6) is -0.113. The van der Waals surface area contributed by atoms with E-state index in [2.05, 4.69) is 0 Å². The molecule has 190 valence electrons. The third kappa shape index (κ3) is 6.73. The van der Waals surface area contributed by atoms with Gasteiger partial charge in [-0.25, -0.2) is 4.31 Å². The van der Waals surface area contributed by atoms with E-state index in [1.165, 1.54) is 36.2 Å². The van der Waals surface area contributed by atoms with Crippen molar-refractivity contribution in [3.05, 3.63) is 64.7 Å². The molecule has 10 heteroatoms. The number of hydrogen-bond acceptors (Lipinski definition) is 3. The lowest BCUT2D eigenvalue weighted by atomic mass is 9.96. The Labute approximate surface area is 204 Å². The van der Waals surface area contributed by atoms with Gasteiger partial charge in [-0.05, 0) is 78.1 Å². The maximum atomic E-state index is 13.3. The number of nitrogens with zero attached hydrogens (tertiary/aromatic N) is 2. The second-order valence-corrected chi connectivity index (χ2v) is 10.4. The van der Waals surface area contributed by atoms with E-state index >= 15 is 0 Å². The highest BCUT2D eigenvalue weighted by Gasteiger charge is 2.34. The van der Waals surface area contributed by atoms with E-state index in [1.807, 2.05) is 10.4 Å². The second-order valence-electron chi connectivity index (χ2n) is 9.19. The Morgan fingerprint density at radius 1 is 0.914 bits per heavy atom. The first-order valence-corrected chi connectivity index (χ1v) is 12.3. The standard InChI is InChI=1S/C25H26F6N2OS/c1-16(17-4-6-20(7-5-17)24(26,27)28)12-23(34)32-8-10-33(11-9-32)35-22-14-19(18-2-3-18)13-21(15-22)25(29,30)31/h4-7,13-16,18H,2-3,8-12H2,1H3. The van der Waals surface area contributed by atoms with Crippen LogP contribution in [-0.4, -0.2) is 41.3 Å². The number of hydrogen-bond donors (Lipinski definition) is 0. The Morgan fingerprint density at radius 3 is 2.06 bits per heavy atom. The molecule has 0 spiro atoms. The van der Waals surface area contributed by atoms with Crippen LogP contribution in [0.4, 0.5) is 26.3 Å². The van der Waals surface area contributed by atoms with Gasteiger partial charge in [0.2, 0.25) is 5.91 Å². The van der Waals surface area contributed by atoms with Gasteiger partial charge in [-0.15, -0.1) is 0 Å². The lowest BCUT2D eigenvalue weighted by Crippen LogP contribution is -2.46. The van der Waals surface area contributed by atoms with Crippen LogP contribution in [0.2, 0.25) is 0 Å². The van der Waals surface area contributed by atoms with E-state index in [1.54, 1.807) is 11.8 Å². The van der Waals surface area contributed by atoms with Crippen molar-refractivity contribution < 1.29 is 31.1 Å². The molecule has 1 amide bonds. The van der Waals surface area contributed by atoms with Crippen LogP contribution in [0.25, 0.3) is 0 Å². The van der Waals surface area contributed by atoms with Crippen LogP contribution >= 0.6 is 11.9 Å². The van der Waals surface area contributed by atoms with Gasteiger partial charge in [-0.2, -0.15) is 26.3 Å². The van der Waals surface area contributed by atoms with Crippen molar-refractivity contribution >= 4 is 17.9 Å². The number of amides is 1. The van der Waals surface area contributed by atoms with E-state index in [0.717, 1.165) is 30.5 Å². The fourth-order valence-electron chi connectivity index (χ4n) is 4.18. The lowest BCUT2D eigenvalue weighted by Gasteiger charge is -2.34. The SMILES string of the molecule is CC(CC(=O)N1CCN(Sc2cc(C3CC3)cc(C(F)(F)F)c2)CC1)c1ccc(C(F)(F)F)cc1. The summed E-state index contributed by atoms with van der Waals surface area (Å²) in [6, 6.07) is 9.11. The topological polar surface area (TPSA) is 23.6 Å². The van der Waals surface area contributed by atoms with E-state index < -0.39 is 23.5 Å². The quantitative estimate of drug-likeness (QED) is 0.307. The van der Waals surface area contributed by atoms with E-state index in [-0.39, 0.29) is 24.2 Å². The summed E-state index contributed by atoms with van der Waals surface area (Å²) in [4.78, 5) is 15.0. The number of benzene rings is 2. The Kier molecular flexibility index (Phi) is 7.43. The Bertz CT molecular complexity index is 1040. The van der Waals surface area contributed by atoms with Crippen LogP contribution in [0.1, 0.15) is 60.3 Å². The summed E-state index contributed by atoms with van der Waals surface area (Å²) in [5.41, 5.74) is 0.0406.